The average molecular weight is 376 g/mol. The maximum atomic E-state index is 13.1. The van der Waals surface area contributed by atoms with Gasteiger partial charge in [0, 0.05) is 25.7 Å². The molecular formula is C21H23F3N2O. The van der Waals surface area contributed by atoms with Crippen molar-refractivity contribution in [3.8, 4) is 0 Å². The molecule has 27 heavy (non-hydrogen) atoms. The van der Waals surface area contributed by atoms with Crippen LogP contribution in [0.1, 0.15) is 29.5 Å². The van der Waals surface area contributed by atoms with Crippen LogP contribution in [-0.2, 0) is 23.9 Å². The number of alkyl halides is 3. The van der Waals surface area contributed by atoms with Crippen molar-refractivity contribution in [3.05, 3.63) is 71.3 Å². The summed E-state index contributed by atoms with van der Waals surface area (Å²) in [6, 6.07) is 15.4. The standard InChI is InChI=1S/C21H23F3N2O/c22-21(23,24)19-9-5-4-8-17(19)15-26-12-10-18(11-13-26)25-20(27)14-16-6-2-1-3-7-16/h1-9,18H,10-15H2,(H,25,27). The molecule has 0 saturated carbocycles. The summed E-state index contributed by atoms with van der Waals surface area (Å²) in [4.78, 5) is 14.2. The van der Waals surface area contributed by atoms with E-state index in [1.165, 1.54) is 12.1 Å². The fourth-order valence-corrected chi connectivity index (χ4v) is 3.47. The fraction of sp³-hybridized carbons (Fsp3) is 0.381. The second kappa shape index (κ2) is 8.57. The molecule has 2 aromatic rings. The van der Waals surface area contributed by atoms with E-state index in [0.717, 1.165) is 24.5 Å². The van der Waals surface area contributed by atoms with Crippen LogP contribution in [0.5, 0.6) is 0 Å². The summed E-state index contributed by atoms with van der Waals surface area (Å²) in [6.07, 6.45) is -2.50. The van der Waals surface area contributed by atoms with E-state index >= 15 is 0 Å². The molecule has 1 fully saturated rings. The lowest BCUT2D eigenvalue weighted by atomic mass is 10.0. The Balaban J connectivity index is 1.49. The van der Waals surface area contributed by atoms with Crippen molar-refractivity contribution in [3.63, 3.8) is 0 Å². The molecule has 1 heterocycles. The predicted octanol–water partition coefficient (Wildman–Crippen LogP) is 4.03. The van der Waals surface area contributed by atoms with Crippen molar-refractivity contribution in [2.45, 2.75) is 38.0 Å². The highest BCUT2D eigenvalue weighted by Gasteiger charge is 2.33. The zero-order chi connectivity index (χ0) is 19.3. The Morgan fingerprint density at radius 1 is 1.00 bits per heavy atom. The summed E-state index contributed by atoms with van der Waals surface area (Å²) in [7, 11) is 0. The third-order valence-corrected chi connectivity index (χ3v) is 4.88. The van der Waals surface area contributed by atoms with Crippen molar-refractivity contribution in [2.75, 3.05) is 13.1 Å². The van der Waals surface area contributed by atoms with Crippen molar-refractivity contribution in [2.24, 2.45) is 0 Å². The molecule has 0 unspecified atom stereocenters. The Kier molecular flexibility index (Phi) is 6.16. The Labute approximate surface area is 157 Å². The fourth-order valence-electron chi connectivity index (χ4n) is 3.47. The minimum atomic E-state index is -4.33. The maximum Gasteiger partial charge on any atom is 0.416 e. The summed E-state index contributed by atoms with van der Waals surface area (Å²) < 4.78 is 39.4. The highest BCUT2D eigenvalue weighted by atomic mass is 19.4. The van der Waals surface area contributed by atoms with E-state index in [4.69, 9.17) is 0 Å². The number of amides is 1. The van der Waals surface area contributed by atoms with Gasteiger partial charge in [0.1, 0.15) is 0 Å². The number of nitrogens with zero attached hydrogens (tertiary/aromatic N) is 1. The first-order valence-electron chi connectivity index (χ1n) is 9.12. The first kappa shape index (κ1) is 19.4. The normalized spacial score (nSPS) is 16.3. The Bertz CT molecular complexity index is 754. The van der Waals surface area contributed by atoms with Gasteiger partial charge in [-0.25, -0.2) is 0 Å². The van der Waals surface area contributed by atoms with Crippen molar-refractivity contribution in [1.82, 2.24) is 10.2 Å². The molecule has 1 aliphatic heterocycles. The van der Waals surface area contributed by atoms with Crippen LogP contribution in [0.15, 0.2) is 54.6 Å². The van der Waals surface area contributed by atoms with Crippen LogP contribution in [0.2, 0.25) is 0 Å². The minimum Gasteiger partial charge on any atom is -0.353 e. The summed E-state index contributed by atoms with van der Waals surface area (Å²) in [5, 5.41) is 3.04. The van der Waals surface area contributed by atoms with Gasteiger partial charge < -0.3 is 5.32 Å². The third kappa shape index (κ3) is 5.57. The van der Waals surface area contributed by atoms with E-state index in [1.54, 1.807) is 6.07 Å². The van der Waals surface area contributed by atoms with Crippen LogP contribution in [0.3, 0.4) is 0 Å². The second-order valence-corrected chi connectivity index (χ2v) is 6.94. The molecule has 0 aliphatic carbocycles. The predicted molar refractivity (Wildman–Crippen MR) is 98.0 cm³/mol. The van der Waals surface area contributed by atoms with Crippen LogP contribution in [0, 0.1) is 0 Å². The van der Waals surface area contributed by atoms with E-state index in [-0.39, 0.29) is 18.5 Å². The van der Waals surface area contributed by atoms with Gasteiger partial charge in [-0.2, -0.15) is 13.2 Å². The Hall–Kier alpha value is -2.34. The van der Waals surface area contributed by atoms with Crippen LogP contribution < -0.4 is 5.32 Å². The molecule has 2 aromatic carbocycles. The summed E-state index contributed by atoms with van der Waals surface area (Å²) in [6.45, 7) is 1.62. The number of likely N-dealkylation sites (tertiary alicyclic amines) is 1. The zero-order valence-corrected chi connectivity index (χ0v) is 15.0. The number of rotatable bonds is 5. The van der Waals surface area contributed by atoms with Gasteiger partial charge in [0.05, 0.1) is 12.0 Å². The minimum absolute atomic E-state index is 0.0120. The van der Waals surface area contributed by atoms with E-state index in [9.17, 15) is 18.0 Å². The van der Waals surface area contributed by atoms with Gasteiger partial charge in [-0.3, -0.25) is 9.69 Å². The molecule has 0 radical (unpaired) electrons. The van der Waals surface area contributed by atoms with E-state index in [0.29, 0.717) is 25.1 Å². The molecule has 3 nitrogen and oxygen atoms in total. The lowest BCUT2D eigenvalue weighted by Crippen LogP contribution is -2.44. The lowest BCUT2D eigenvalue weighted by molar-refractivity contribution is -0.138. The Morgan fingerprint density at radius 3 is 2.30 bits per heavy atom. The van der Waals surface area contributed by atoms with Crippen LogP contribution in [0.4, 0.5) is 13.2 Å². The molecule has 0 spiro atoms. The van der Waals surface area contributed by atoms with Crippen LogP contribution in [0.25, 0.3) is 0 Å². The molecule has 144 valence electrons. The molecule has 0 aromatic heterocycles. The van der Waals surface area contributed by atoms with Gasteiger partial charge >= 0.3 is 6.18 Å². The largest absolute Gasteiger partial charge is 0.416 e. The summed E-state index contributed by atoms with van der Waals surface area (Å²) in [5.41, 5.74) is 0.705. The van der Waals surface area contributed by atoms with Crippen LogP contribution in [-0.4, -0.2) is 29.9 Å². The SMILES string of the molecule is O=C(Cc1ccccc1)NC1CCN(Cc2ccccc2C(F)(F)F)CC1. The number of nitrogens with one attached hydrogen (secondary N) is 1. The molecule has 6 heteroatoms. The van der Waals surface area contributed by atoms with Gasteiger partial charge in [0.15, 0.2) is 0 Å². The second-order valence-electron chi connectivity index (χ2n) is 6.94. The number of halogens is 3. The molecule has 0 bridgehead atoms. The van der Waals surface area contributed by atoms with E-state index in [1.807, 2.05) is 35.2 Å². The third-order valence-electron chi connectivity index (χ3n) is 4.88. The first-order valence-corrected chi connectivity index (χ1v) is 9.12. The number of carbonyl (C=O) groups excluding carboxylic acids is 1. The highest BCUT2D eigenvalue weighted by molar-refractivity contribution is 5.78. The first-order chi connectivity index (χ1) is 12.9. The number of hydrogen-bond donors (Lipinski definition) is 1. The number of benzene rings is 2. The molecule has 1 amide bonds. The van der Waals surface area contributed by atoms with Gasteiger partial charge in [-0.15, -0.1) is 0 Å². The summed E-state index contributed by atoms with van der Waals surface area (Å²) in [5.74, 6) is -0.0120. The summed E-state index contributed by atoms with van der Waals surface area (Å²) >= 11 is 0. The van der Waals surface area contributed by atoms with Gasteiger partial charge in [0.25, 0.3) is 0 Å². The van der Waals surface area contributed by atoms with E-state index in [2.05, 4.69) is 5.32 Å². The Morgan fingerprint density at radius 2 is 1.63 bits per heavy atom. The molecule has 3 rings (SSSR count). The maximum absolute atomic E-state index is 13.1. The van der Waals surface area contributed by atoms with Crippen molar-refractivity contribution < 1.29 is 18.0 Å². The van der Waals surface area contributed by atoms with Gasteiger partial charge in [-0.1, -0.05) is 48.5 Å². The van der Waals surface area contributed by atoms with Crippen molar-refractivity contribution >= 4 is 5.91 Å². The topological polar surface area (TPSA) is 32.3 Å². The molecule has 1 aliphatic rings. The zero-order valence-electron chi connectivity index (χ0n) is 15.0. The van der Waals surface area contributed by atoms with Gasteiger partial charge in [-0.05, 0) is 30.0 Å². The smallest absolute Gasteiger partial charge is 0.353 e. The van der Waals surface area contributed by atoms with E-state index < -0.39 is 11.7 Å². The molecular weight excluding hydrogens is 353 g/mol. The van der Waals surface area contributed by atoms with Crippen LogP contribution >= 0.6 is 0 Å². The monoisotopic (exact) mass is 376 g/mol. The number of carbonyl (C=O) groups is 1. The number of piperidine rings is 1. The lowest BCUT2D eigenvalue weighted by Gasteiger charge is -2.33. The average Bonchev–Trinajstić information content (AvgIpc) is 2.64. The van der Waals surface area contributed by atoms with Gasteiger partial charge in [0.2, 0.25) is 5.91 Å². The number of hydrogen-bond acceptors (Lipinski definition) is 2. The van der Waals surface area contributed by atoms with Crippen molar-refractivity contribution in [1.29, 1.82) is 0 Å². The molecule has 1 N–H and O–H groups in total. The molecule has 0 atom stereocenters. The quantitative estimate of drug-likeness (QED) is 0.855. The highest BCUT2D eigenvalue weighted by Crippen LogP contribution is 2.32. The molecule has 1 saturated heterocycles.